The molecule has 0 atom stereocenters. The molecular formula is C18H21F2N3O4S. The van der Waals surface area contributed by atoms with Crippen LogP contribution in [0.1, 0.15) is 11.1 Å². The number of anilines is 1. The number of urea groups is 1. The van der Waals surface area contributed by atoms with Gasteiger partial charge in [0.2, 0.25) is 10.0 Å². The number of halogens is 2. The molecule has 0 saturated heterocycles. The van der Waals surface area contributed by atoms with Gasteiger partial charge in [0.05, 0.1) is 4.90 Å². The van der Waals surface area contributed by atoms with Gasteiger partial charge in [-0.15, -0.1) is 0 Å². The van der Waals surface area contributed by atoms with Crippen LogP contribution in [-0.4, -0.2) is 39.5 Å². The van der Waals surface area contributed by atoms with E-state index in [0.29, 0.717) is 16.8 Å². The van der Waals surface area contributed by atoms with Crippen LogP contribution in [0.2, 0.25) is 0 Å². The van der Waals surface area contributed by atoms with Gasteiger partial charge in [0.15, 0.2) is 0 Å². The molecule has 2 amide bonds. The van der Waals surface area contributed by atoms with Crippen LogP contribution in [0.3, 0.4) is 0 Å². The molecular weight excluding hydrogens is 392 g/mol. The van der Waals surface area contributed by atoms with Gasteiger partial charge in [-0.2, -0.15) is 8.78 Å². The molecule has 0 saturated carbocycles. The number of nitrogens with zero attached hydrogens (tertiary/aromatic N) is 1. The van der Waals surface area contributed by atoms with Crippen LogP contribution in [0, 0.1) is 6.92 Å². The summed E-state index contributed by atoms with van der Waals surface area (Å²) >= 11 is 0. The van der Waals surface area contributed by atoms with E-state index in [9.17, 15) is 22.0 Å². The van der Waals surface area contributed by atoms with E-state index in [0.717, 1.165) is 4.31 Å². The minimum atomic E-state index is -3.65. The Hall–Kier alpha value is -2.72. The smallest absolute Gasteiger partial charge is 0.387 e. The normalized spacial score (nSPS) is 11.5. The van der Waals surface area contributed by atoms with Crippen LogP contribution >= 0.6 is 0 Å². The zero-order valence-electron chi connectivity index (χ0n) is 15.6. The summed E-state index contributed by atoms with van der Waals surface area (Å²) in [5, 5.41) is 5.10. The summed E-state index contributed by atoms with van der Waals surface area (Å²) in [6.45, 7) is -1.31. The number of hydrogen-bond acceptors (Lipinski definition) is 4. The lowest BCUT2D eigenvalue weighted by atomic mass is 10.2. The number of ether oxygens (including phenoxy) is 1. The number of benzene rings is 2. The van der Waals surface area contributed by atoms with Crippen molar-refractivity contribution in [3.8, 4) is 5.75 Å². The highest BCUT2D eigenvalue weighted by Gasteiger charge is 2.19. The molecule has 0 fully saturated rings. The summed E-state index contributed by atoms with van der Waals surface area (Å²) < 4.78 is 54.9. The first-order chi connectivity index (χ1) is 13.1. The Morgan fingerprint density at radius 3 is 2.50 bits per heavy atom. The quantitative estimate of drug-likeness (QED) is 0.730. The van der Waals surface area contributed by atoms with E-state index < -0.39 is 22.7 Å². The number of carbonyl (C=O) groups excluding carboxylic acids is 1. The number of nitrogens with one attached hydrogen (secondary N) is 2. The second-order valence-electron chi connectivity index (χ2n) is 6.06. The van der Waals surface area contributed by atoms with E-state index in [2.05, 4.69) is 15.4 Å². The van der Waals surface area contributed by atoms with Crippen LogP contribution in [0.15, 0.2) is 47.4 Å². The molecule has 0 aliphatic heterocycles. The molecule has 2 aromatic rings. The number of sulfonamides is 1. The lowest BCUT2D eigenvalue weighted by Gasteiger charge is -2.15. The van der Waals surface area contributed by atoms with Gasteiger partial charge >= 0.3 is 12.6 Å². The molecule has 2 rings (SSSR count). The Balaban J connectivity index is 2.10. The average Bonchev–Trinajstić information content (AvgIpc) is 2.62. The van der Waals surface area contributed by atoms with Gasteiger partial charge in [0.25, 0.3) is 0 Å². The van der Waals surface area contributed by atoms with Crippen molar-refractivity contribution in [3.63, 3.8) is 0 Å². The van der Waals surface area contributed by atoms with Gasteiger partial charge in [-0.3, -0.25) is 0 Å². The van der Waals surface area contributed by atoms with Crippen molar-refractivity contribution in [3.05, 3.63) is 53.6 Å². The summed E-state index contributed by atoms with van der Waals surface area (Å²) in [5.74, 6) is -0.0342. The molecule has 0 heterocycles. The number of aryl methyl sites for hydroxylation is 1. The molecule has 0 spiro atoms. The van der Waals surface area contributed by atoms with Gasteiger partial charge in [0, 0.05) is 31.9 Å². The van der Waals surface area contributed by atoms with E-state index >= 15 is 0 Å². The molecule has 2 aromatic carbocycles. The third-order valence-electron chi connectivity index (χ3n) is 3.86. The first kappa shape index (κ1) is 21.6. The summed E-state index contributed by atoms with van der Waals surface area (Å²) in [6.07, 6.45) is 0. The number of rotatable bonds is 7. The highest BCUT2D eigenvalue weighted by Crippen LogP contribution is 2.22. The summed E-state index contributed by atoms with van der Waals surface area (Å²) in [6, 6.07) is 9.87. The van der Waals surface area contributed by atoms with Crippen LogP contribution in [-0.2, 0) is 16.6 Å². The minimum Gasteiger partial charge on any atom is -0.434 e. The third-order valence-corrected chi connectivity index (χ3v) is 5.67. The van der Waals surface area contributed by atoms with Gasteiger partial charge in [-0.05, 0) is 30.7 Å². The van der Waals surface area contributed by atoms with E-state index in [1.807, 2.05) is 0 Å². The first-order valence-corrected chi connectivity index (χ1v) is 9.66. The monoisotopic (exact) mass is 413 g/mol. The van der Waals surface area contributed by atoms with Crippen molar-refractivity contribution in [1.82, 2.24) is 9.62 Å². The molecule has 0 bridgehead atoms. The Bertz CT molecular complexity index is 950. The Morgan fingerprint density at radius 1 is 1.18 bits per heavy atom. The summed E-state index contributed by atoms with van der Waals surface area (Å²) in [7, 11) is -0.829. The molecule has 10 heteroatoms. The second kappa shape index (κ2) is 8.98. The van der Waals surface area contributed by atoms with Crippen molar-refractivity contribution in [2.24, 2.45) is 0 Å². The predicted octanol–water partition coefficient (Wildman–Crippen LogP) is 3.17. The second-order valence-corrected chi connectivity index (χ2v) is 8.21. The fraction of sp³-hybridized carbons (Fsp3) is 0.278. The van der Waals surface area contributed by atoms with Crippen molar-refractivity contribution in [2.45, 2.75) is 25.0 Å². The lowest BCUT2D eigenvalue weighted by Crippen LogP contribution is -2.29. The van der Waals surface area contributed by atoms with Crippen molar-refractivity contribution in [1.29, 1.82) is 0 Å². The van der Waals surface area contributed by atoms with E-state index in [1.165, 1.54) is 32.3 Å². The fourth-order valence-corrected chi connectivity index (χ4v) is 3.24. The number of amides is 2. The standard InChI is InChI=1S/C18H21F2N3O4S/c1-12-8-9-14(28(25,26)23(2)3)10-15(12)22-18(24)21-11-13-6-4-5-7-16(13)27-17(19)20/h4-10,17H,11H2,1-3H3,(H2,21,22,24). The van der Waals surface area contributed by atoms with Gasteiger partial charge in [-0.25, -0.2) is 17.5 Å². The Labute approximate surface area is 162 Å². The lowest BCUT2D eigenvalue weighted by molar-refractivity contribution is -0.0504. The van der Waals surface area contributed by atoms with Crippen LogP contribution < -0.4 is 15.4 Å². The molecule has 0 aromatic heterocycles. The molecule has 0 aliphatic carbocycles. The topological polar surface area (TPSA) is 87.7 Å². The maximum atomic E-state index is 12.4. The SMILES string of the molecule is Cc1ccc(S(=O)(=O)N(C)C)cc1NC(=O)NCc1ccccc1OC(F)F. The number of hydrogen-bond donors (Lipinski definition) is 2. The minimum absolute atomic E-state index is 0.0342. The van der Waals surface area contributed by atoms with E-state index in [4.69, 9.17) is 0 Å². The van der Waals surface area contributed by atoms with Crippen LogP contribution in [0.25, 0.3) is 0 Å². The highest BCUT2D eigenvalue weighted by molar-refractivity contribution is 7.89. The van der Waals surface area contributed by atoms with E-state index in [1.54, 1.807) is 31.2 Å². The Kier molecular flexibility index (Phi) is 6.92. The van der Waals surface area contributed by atoms with Gasteiger partial charge in [-0.1, -0.05) is 24.3 Å². The van der Waals surface area contributed by atoms with Gasteiger partial charge < -0.3 is 15.4 Å². The largest absolute Gasteiger partial charge is 0.434 e. The summed E-state index contributed by atoms with van der Waals surface area (Å²) in [5.41, 5.74) is 1.35. The number of carbonyl (C=O) groups is 1. The molecule has 28 heavy (non-hydrogen) atoms. The maximum absolute atomic E-state index is 12.4. The fourth-order valence-electron chi connectivity index (χ4n) is 2.31. The van der Waals surface area contributed by atoms with Crippen LogP contribution in [0.5, 0.6) is 5.75 Å². The molecule has 152 valence electrons. The zero-order valence-corrected chi connectivity index (χ0v) is 16.4. The van der Waals surface area contributed by atoms with Crippen LogP contribution in [0.4, 0.5) is 19.3 Å². The van der Waals surface area contributed by atoms with Crippen molar-refractivity contribution in [2.75, 3.05) is 19.4 Å². The number of alkyl halides is 2. The van der Waals surface area contributed by atoms with Gasteiger partial charge in [0.1, 0.15) is 5.75 Å². The molecule has 7 nitrogen and oxygen atoms in total. The maximum Gasteiger partial charge on any atom is 0.387 e. The molecule has 0 radical (unpaired) electrons. The average molecular weight is 413 g/mol. The zero-order chi connectivity index (χ0) is 20.9. The highest BCUT2D eigenvalue weighted by atomic mass is 32.2. The van der Waals surface area contributed by atoms with Crippen molar-refractivity contribution < 1.29 is 26.7 Å². The Morgan fingerprint density at radius 2 is 1.86 bits per heavy atom. The first-order valence-electron chi connectivity index (χ1n) is 8.22. The molecule has 0 unspecified atom stereocenters. The predicted molar refractivity (Wildman–Crippen MR) is 101 cm³/mol. The molecule has 2 N–H and O–H groups in total. The summed E-state index contributed by atoms with van der Waals surface area (Å²) in [4.78, 5) is 12.2. The number of para-hydroxylation sites is 1. The molecule has 0 aliphatic rings. The third kappa shape index (κ3) is 5.40. The van der Waals surface area contributed by atoms with E-state index in [-0.39, 0.29) is 17.2 Å². The van der Waals surface area contributed by atoms with Crippen molar-refractivity contribution >= 4 is 21.7 Å².